The van der Waals surface area contributed by atoms with Crippen molar-refractivity contribution in [3.63, 3.8) is 0 Å². The van der Waals surface area contributed by atoms with Crippen LogP contribution in [-0.4, -0.2) is 24.5 Å². The van der Waals surface area contributed by atoms with Gasteiger partial charge in [0.15, 0.2) is 0 Å². The van der Waals surface area contributed by atoms with E-state index in [1.54, 1.807) is 24.3 Å². The molecule has 1 aromatic rings. The zero-order valence-corrected chi connectivity index (χ0v) is 12.5. The Bertz CT molecular complexity index is 453. The van der Waals surface area contributed by atoms with Gasteiger partial charge in [-0.15, -0.1) is 0 Å². The van der Waals surface area contributed by atoms with E-state index in [9.17, 15) is 9.59 Å². The van der Waals surface area contributed by atoms with Gasteiger partial charge in [-0.05, 0) is 44.0 Å². The lowest BCUT2D eigenvalue weighted by Gasteiger charge is -2.11. The van der Waals surface area contributed by atoms with Crippen molar-refractivity contribution in [2.45, 2.75) is 33.7 Å². The minimum atomic E-state index is -0.253. The summed E-state index contributed by atoms with van der Waals surface area (Å²) in [5.41, 5.74) is 1.24. The van der Waals surface area contributed by atoms with Crippen molar-refractivity contribution in [3.8, 4) is 0 Å². The second kappa shape index (κ2) is 7.53. The Labute approximate surface area is 120 Å². The number of benzene rings is 1. The van der Waals surface area contributed by atoms with Crippen LogP contribution < -0.4 is 16.0 Å². The third-order valence-electron chi connectivity index (χ3n) is 2.50. The number of anilines is 1. The summed E-state index contributed by atoms with van der Waals surface area (Å²) in [4.78, 5) is 23.3. The van der Waals surface area contributed by atoms with E-state index < -0.39 is 0 Å². The van der Waals surface area contributed by atoms with Gasteiger partial charge in [0, 0.05) is 23.8 Å². The number of carbonyl (C=O) groups is 2. The highest BCUT2D eigenvalue weighted by molar-refractivity contribution is 5.95. The first-order valence-corrected chi connectivity index (χ1v) is 6.84. The maximum atomic E-state index is 11.8. The van der Waals surface area contributed by atoms with E-state index in [0.29, 0.717) is 23.7 Å². The van der Waals surface area contributed by atoms with Crippen molar-refractivity contribution in [2.24, 2.45) is 5.92 Å². The Morgan fingerprint density at radius 3 is 2.15 bits per heavy atom. The van der Waals surface area contributed by atoms with Crippen molar-refractivity contribution in [1.29, 1.82) is 0 Å². The highest BCUT2D eigenvalue weighted by Gasteiger charge is 2.07. The van der Waals surface area contributed by atoms with E-state index in [-0.39, 0.29) is 18.0 Å². The number of nitrogens with one attached hydrogen (secondary N) is 3. The summed E-state index contributed by atoms with van der Waals surface area (Å²) >= 11 is 0. The summed E-state index contributed by atoms with van der Waals surface area (Å²) in [5, 5.41) is 8.29. The number of urea groups is 1. The van der Waals surface area contributed by atoms with Crippen molar-refractivity contribution >= 4 is 17.6 Å². The highest BCUT2D eigenvalue weighted by Crippen LogP contribution is 2.09. The molecule has 0 radical (unpaired) electrons. The van der Waals surface area contributed by atoms with Crippen molar-refractivity contribution in [3.05, 3.63) is 29.8 Å². The molecular formula is C15H23N3O2. The molecule has 1 rings (SSSR count). The second-order valence-electron chi connectivity index (χ2n) is 5.43. The van der Waals surface area contributed by atoms with Crippen molar-refractivity contribution in [2.75, 3.05) is 11.9 Å². The SMILES string of the molecule is CC(C)CNC(=O)c1ccc(NC(=O)NC(C)C)cc1. The lowest BCUT2D eigenvalue weighted by atomic mass is 10.1. The minimum Gasteiger partial charge on any atom is -0.352 e. The molecule has 0 spiro atoms. The fourth-order valence-electron chi connectivity index (χ4n) is 1.53. The number of hydrogen-bond acceptors (Lipinski definition) is 2. The van der Waals surface area contributed by atoms with Crippen LogP contribution in [0.25, 0.3) is 0 Å². The predicted molar refractivity (Wildman–Crippen MR) is 80.9 cm³/mol. The van der Waals surface area contributed by atoms with Gasteiger partial charge in [0.1, 0.15) is 0 Å². The molecule has 1 aromatic carbocycles. The molecule has 5 nitrogen and oxygen atoms in total. The Kier molecular flexibility index (Phi) is 6.03. The third-order valence-corrected chi connectivity index (χ3v) is 2.50. The molecule has 5 heteroatoms. The summed E-state index contributed by atoms with van der Waals surface area (Å²) in [7, 11) is 0. The first-order valence-electron chi connectivity index (χ1n) is 6.84. The fraction of sp³-hybridized carbons (Fsp3) is 0.467. The summed E-state index contributed by atoms with van der Waals surface area (Å²) in [6, 6.07) is 6.64. The monoisotopic (exact) mass is 277 g/mol. The smallest absolute Gasteiger partial charge is 0.319 e. The summed E-state index contributed by atoms with van der Waals surface area (Å²) in [6.07, 6.45) is 0. The molecule has 0 unspecified atom stereocenters. The van der Waals surface area contributed by atoms with Crippen LogP contribution in [-0.2, 0) is 0 Å². The van der Waals surface area contributed by atoms with Gasteiger partial charge in [-0.25, -0.2) is 4.79 Å². The van der Waals surface area contributed by atoms with Crippen molar-refractivity contribution < 1.29 is 9.59 Å². The number of hydrogen-bond donors (Lipinski definition) is 3. The van der Waals surface area contributed by atoms with Gasteiger partial charge in [0.05, 0.1) is 0 Å². The molecule has 0 fully saturated rings. The molecule has 0 aromatic heterocycles. The molecule has 3 N–H and O–H groups in total. The van der Waals surface area contributed by atoms with Gasteiger partial charge < -0.3 is 16.0 Å². The van der Waals surface area contributed by atoms with Crippen LogP contribution in [0.1, 0.15) is 38.1 Å². The molecule has 0 aliphatic carbocycles. The van der Waals surface area contributed by atoms with Crippen LogP contribution >= 0.6 is 0 Å². The van der Waals surface area contributed by atoms with Crippen LogP contribution in [0.4, 0.5) is 10.5 Å². The molecule has 0 aliphatic rings. The Hall–Kier alpha value is -2.04. The lowest BCUT2D eigenvalue weighted by Crippen LogP contribution is -2.34. The first-order chi connectivity index (χ1) is 9.38. The van der Waals surface area contributed by atoms with Crippen molar-refractivity contribution in [1.82, 2.24) is 10.6 Å². The van der Waals surface area contributed by atoms with Crippen LogP contribution in [0.15, 0.2) is 24.3 Å². The Morgan fingerprint density at radius 2 is 1.65 bits per heavy atom. The van der Waals surface area contributed by atoms with Gasteiger partial charge >= 0.3 is 6.03 Å². The molecule has 20 heavy (non-hydrogen) atoms. The van der Waals surface area contributed by atoms with Gasteiger partial charge in [0.2, 0.25) is 0 Å². The predicted octanol–water partition coefficient (Wildman–Crippen LogP) is 2.60. The molecule has 0 saturated heterocycles. The van der Waals surface area contributed by atoms with E-state index in [1.165, 1.54) is 0 Å². The minimum absolute atomic E-state index is 0.0797. The maximum absolute atomic E-state index is 11.8. The van der Waals surface area contributed by atoms with Gasteiger partial charge in [0.25, 0.3) is 5.91 Å². The molecule has 0 aliphatic heterocycles. The molecule has 0 saturated carbocycles. The van der Waals surface area contributed by atoms with Gasteiger partial charge in [-0.1, -0.05) is 13.8 Å². The molecule has 0 heterocycles. The number of amides is 3. The molecule has 110 valence electrons. The quantitative estimate of drug-likeness (QED) is 0.774. The van der Waals surface area contributed by atoms with Crippen LogP contribution in [0.2, 0.25) is 0 Å². The first kappa shape index (κ1) is 16.0. The Balaban J connectivity index is 2.55. The van der Waals surface area contributed by atoms with Crippen LogP contribution in [0, 0.1) is 5.92 Å². The molecular weight excluding hydrogens is 254 g/mol. The summed E-state index contributed by atoms with van der Waals surface area (Å²) in [6.45, 7) is 8.51. The maximum Gasteiger partial charge on any atom is 0.319 e. The average Bonchev–Trinajstić information content (AvgIpc) is 2.35. The summed E-state index contributed by atoms with van der Waals surface area (Å²) < 4.78 is 0. The van der Waals surface area contributed by atoms with Gasteiger partial charge in [-0.2, -0.15) is 0 Å². The van der Waals surface area contributed by atoms with E-state index in [0.717, 1.165) is 0 Å². The molecule has 3 amide bonds. The van der Waals surface area contributed by atoms with E-state index in [2.05, 4.69) is 16.0 Å². The lowest BCUT2D eigenvalue weighted by molar-refractivity contribution is 0.0949. The third kappa shape index (κ3) is 5.73. The van der Waals surface area contributed by atoms with E-state index in [1.807, 2.05) is 27.7 Å². The van der Waals surface area contributed by atoms with Crippen LogP contribution in [0.3, 0.4) is 0 Å². The normalized spacial score (nSPS) is 10.5. The molecule has 0 atom stereocenters. The average molecular weight is 277 g/mol. The van der Waals surface area contributed by atoms with E-state index >= 15 is 0 Å². The van der Waals surface area contributed by atoms with Gasteiger partial charge in [-0.3, -0.25) is 4.79 Å². The topological polar surface area (TPSA) is 70.2 Å². The zero-order valence-electron chi connectivity index (χ0n) is 12.5. The zero-order chi connectivity index (χ0) is 15.1. The standard InChI is InChI=1S/C15H23N3O2/c1-10(2)9-16-14(19)12-5-7-13(8-6-12)18-15(20)17-11(3)4/h5-8,10-11H,9H2,1-4H3,(H,16,19)(H2,17,18,20). The summed E-state index contributed by atoms with van der Waals surface area (Å²) in [5.74, 6) is 0.316. The number of rotatable bonds is 5. The largest absolute Gasteiger partial charge is 0.352 e. The highest BCUT2D eigenvalue weighted by atomic mass is 16.2. The Morgan fingerprint density at radius 1 is 1.05 bits per heavy atom. The fourth-order valence-corrected chi connectivity index (χ4v) is 1.53. The molecule has 0 bridgehead atoms. The van der Waals surface area contributed by atoms with E-state index in [4.69, 9.17) is 0 Å². The van der Waals surface area contributed by atoms with Crippen LogP contribution in [0.5, 0.6) is 0 Å². The second-order valence-corrected chi connectivity index (χ2v) is 5.43. The number of carbonyl (C=O) groups excluding carboxylic acids is 2.